The van der Waals surface area contributed by atoms with Crippen LogP contribution in [0.3, 0.4) is 0 Å². The van der Waals surface area contributed by atoms with E-state index in [2.05, 4.69) is 51.1 Å². The number of piperidine rings is 2. The van der Waals surface area contributed by atoms with Crippen LogP contribution in [0.25, 0.3) is 10.9 Å². The Morgan fingerprint density at radius 1 is 0.964 bits per heavy atom. The third-order valence-electron chi connectivity index (χ3n) is 10.4. The van der Waals surface area contributed by atoms with Gasteiger partial charge in [0.1, 0.15) is 11.1 Å². The Hall–Kier alpha value is -5.88. The first-order valence-corrected chi connectivity index (χ1v) is 18.9. The maximum Gasteiger partial charge on any atom is 0.293 e. The smallest absolute Gasteiger partial charge is 0.293 e. The number of amides is 4. The molecule has 294 valence electrons. The minimum Gasteiger partial charge on any atom is -0.478 e. The van der Waals surface area contributed by atoms with Gasteiger partial charge in [0.25, 0.3) is 17.4 Å². The summed E-state index contributed by atoms with van der Waals surface area (Å²) < 4.78 is 6.97. The van der Waals surface area contributed by atoms with Crippen LogP contribution in [-0.4, -0.2) is 119 Å². The molecule has 0 radical (unpaired) electrons. The van der Waals surface area contributed by atoms with Gasteiger partial charge in [0.05, 0.1) is 11.7 Å². The van der Waals surface area contributed by atoms with Crippen LogP contribution in [0.4, 0.5) is 23.3 Å². The number of aryl methyl sites for hydroxylation is 1. The van der Waals surface area contributed by atoms with Gasteiger partial charge in [0.2, 0.25) is 17.8 Å². The van der Waals surface area contributed by atoms with Gasteiger partial charge < -0.3 is 35.1 Å². The summed E-state index contributed by atoms with van der Waals surface area (Å²) in [6.45, 7) is 5.66. The Morgan fingerprint density at radius 2 is 1.75 bits per heavy atom. The van der Waals surface area contributed by atoms with Crippen molar-refractivity contribution in [1.29, 1.82) is 0 Å². The summed E-state index contributed by atoms with van der Waals surface area (Å²) in [7, 11) is 3.15. The van der Waals surface area contributed by atoms with Gasteiger partial charge in [-0.15, -0.1) is 10.2 Å². The Morgan fingerprint density at radius 3 is 2.46 bits per heavy atom. The van der Waals surface area contributed by atoms with E-state index in [-0.39, 0.29) is 48.3 Å². The van der Waals surface area contributed by atoms with Crippen molar-refractivity contribution >= 4 is 69.4 Å². The van der Waals surface area contributed by atoms with E-state index < -0.39 is 17.9 Å². The first-order chi connectivity index (χ1) is 27.0. The fraction of sp³-hybridized carbons (Fsp3) is 0.432. The highest BCUT2D eigenvalue weighted by atomic mass is 35.5. The van der Waals surface area contributed by atoms with Crippen molar-refractivity contribution < 1.29 is 23.9 Å². The first-order valence-electron chi connectivity index (χ1n) is 18.5. The molecule has 4 N–H and O–H groups in total. The van der Waals surface area contributed by atoms with Crippen LogP contribution in [0.15, 0.2) is 47.4 Å². The number of hydrogen-bond acceptors (Lipinski definition) is 14. The molecule has 56 heavy (non-hydrogen) atoms. The SMILES string of the molecule is CNC(=O)COc1cc2cc(Nc3nc(N4CCN(CC5CCN(c6ccc(C(=O)NC7CCC(=O)NC7=O)nn6)CC5)CC4)ncc3Cl)ccc2n(C)c1=O. The molecule has 3 fully saturated rings. The Labute approximate surface area is 326 Å². The van der Waals surface area contributed by atoms with Crippen molar-refractivity contribution in [2.24, 2.45) is 13.0 Å². The summed E-state index contributed by atoms with van der Waals surface area (Å²) >= 11 is 6.54. The van der Waals surface area contributed by atoms with Gasteiger partial charge in [-0.3, -0.25) is 34.2 Å². The summed E-state index contributed by atoms with van der Waals surface area (Å²) in [6.07, 6.45) is 4.03. The number of ether oxygens (including phenoxy) is 1. The largest absolute Gasteiger partial charge is 0.478 e. The van der Waals surface area contributed by atoms with Crippen LogP contribution in [0.1, 0.15) is 36.2 Å². The number of aromatic nitrogens is 5. The zero-order chi connectivity index (χ0) is 39.3. The van der Waals surface area contributed by atoms with E-state index in [4.69, 9.17) is 21.3 Å². The molecule has 7 rings (SSSR count). The lowest BCUT2D eigenvalue weighted by molar-refractivity contribution is -0.134. The van der Waals surface area contributed by atoms with Gasteiger partial charge in [-0.25, -0.2) is 4.98 Å². The summed E-state index contributed by atoms with van der Waals surface area (Å²) in [5.41, 5.74) is 1.18. The fourth-order valence-corrected chi connectivity index (χ4v) is 7.24. The minimum absolute atomic E-state index is 0.0732. The third kappa shape index (κ3) is 8.81. The molecule has 6 heterocycles. The standard InChI is InChI=1S/C37H43ClN12O6/c1-39-32(52)21-56-29-18-23-17-24(3-6-28(23)47(2)36(29)55)41-33-25(38)19-40-37(44-33)50-15-13-48(14-16-50)20-22-9-11-49(12-10-22)30-7-4-27(45-46-30)35(54)42-26-5-8-31(51)43-34(26)53/h3-4,6-7,17-19,22,26H,5,8-16,20-21H2,1-2H3,(H,39,52)(H,42,54)(H,40,41,44)(H,43,51,53). The average Bonchev–Trinajstić information content (AvgIpc) is 3.21. The zero-order valence-corrected chi connectivity index (χ0v) is 31.8. The van der Waals surface area contributed by atoms with Crippen molar-refractivity contribution in [2.45, 2.75) is 31.7 Å². The van der Waals surface area contributed by atoms with Gasteiger partial charge in [0, 0.05) is 77.4 Å². The van der Waals surface area contributed by atoms with Crippen LogP contribution < -0.4 is 41.4 Å². The maximum atomic E-state index is 12.8. The average molecular weight is 787 g/mol. The molecule has 0 saturated carbocycles. The molecule has 0 bridgehead atoms. The van der Waals surface area contributed by atoms with Gasteiger partial charge in [-0.1, -0.05) is 11.6 Å². The molecule has 1 aromatic carbocycles. The zero-order valence-electron chi connectivity index (χ0n) is 31.1. The number of anilines is 4. The normalized spacial score (nSPS) is 18.1. The molecule has 3 saturated heterocycles. The van der Waals surface area contributed by atoms with E-state index in [0.717, 1.165) is 64.0 Å². The monoisotopic (exact) mass is 786 g/mol. The number of imide groups is 1. The number of hydrogen-bond donors (Lipinski definition) is 4. The maximum absolute atomic E-state index is 12.8. The Kier molecular flexibility index (Phi) is 11.6. The third-order valence-corrected chi connectivity index (χ3v) is 10.6. The predicted molar refractivity (Wildman–Crippen MR) is 208 cm³/mol. The van der Waals surface area contributed by atoms with Crippen LogP contribution in [-0.2, 0) is 21.4 Å². The first kappa shape index (κ1) is 38.4. The number of rotatable bonds is 11. The molecule has 0 aliphatic carbocycles. The lowest BCUT2D eigenvalue weighted by Gasteiger charge is -2.39. The van der Waals surface area contributed by atoms with Gasteiger partial charge >= 0.3 is 0 Å². The molecule has 19 heteroatoms. The topological polar surface area (TPSA) is 209 Å². The van der Waals surface area contributed by atoms with Gasteiger partial charge in [-0.2, -0.15) is 4.98 Å². The molecule has 1 unspecified atom stereocenters. The molecule has 0 spiro atoms. The molecule has 3 aliphatic rings. The number of nitrogens with zero attached hydrogens (tertiary/aromatic N) is 8. The van der Waals surface area contributed by atoms with Crippen LogP contribution in [0.5, 0.6) is 5.75 Å². The summed E-state index contributed by atoms with van der Waals surface area (Å²) in [6, 6.07) is 9.76. The summed E-state index contributed by atoms with van der Waals surface area (Å²) in [4.78, 5) is 76.5. The van der Waals surface area contributed by atoms with E-state index in [1.807, 2.05) is 18.2 Å². The molecule has 18 nitrogen and oxygen atoms in total. The fourth-order valence-electron chi connectivity index (χ4n) is 7.10. The number of nitrogens with one attached hydrogen (secondary N) is 4. The quantitative estimate of drug-likeness (QED) is 0.158. The number of carbonyl (C=O) groups is 4. The molecule has 3 aliphatic heterocycles. The van der Waals surface area contributed by atoms with E-state index in [1.54, 1.807) is 31.4 Å². The highest BCUT2D eigenvalue weighted by Crippen LogP contribution is 2.29. The lowest BCUT2D eigenvalue weighted by Crippen LogP contribution is -2.52. The number of piperazine rings is 1. The van der Waals surface area contributed by atoms with E-state index >= 15 is 0 Å². The van der Waals surface area contributed by atoms with Crippen molar-refractivity contribution in [1.82, 2.24) is 45.6 Å². The predicted octanol–water partition coefficient (Wildman–Crippen LogP) is 1.21. The number of carbonyl (C=O) groups excluding carboxylic acids is 4. The summed E-state index contributed by atoms with van der Waals surface area (Å²) in [5.74, 6) is 0.661. The van der Waals surface area contributed by atoms with Crippen molar-refractivity contribution in [3.05, 3.63) is 63.7 Å². The van der Waals surface area contributed by atoms with E-state index in [0.29, 0.717) is 39.7 Å². The van der Waals surface area contributed by atoms with Crippen LogP contribution in [0, 0.1) is 5.92 Å². The van der Waals surface area contributed by atoms with E-state index in [9.17, 15) is 24.0 Å². The number of pyridine rings is 1. The van der Waals surface area contributed by atoms with Crippen molar-refractivity contribution in [3.8, 4) is 5.75 Å². The van der Waals surface area contributed by atoms with Gasteiger partial charge in [-0.05, 0) is 61.6 Å². The minimum atomic E-state index is -0.769. The second kappa shape index (κ2) is 16.9. The number of benzene rings is 1. The van der Waals surface area contributed by atoms with Crippen molar-refractivity contribution in [2.75, 3.05) is 74.6 Å². The molecule has 4 amide bonds. The molecule has 1 atom stereocenters. The van der Waals surface area contributed by atoms with Crippen molar-refractivity contribution in [3.63, 3.8) is 0 Å². The molecule has 4 aromatic rings. The lowest BCUT2D eigenvalue weighted by atomic mass is 9.96. The molecular weight excluding hydrogens is 744 g/mol. The second-order valence-corrected chi connectivity index (χ2v) is 14.5. The van der Waals surface area contributed by atoms with Crippen LogP contribution in [0.2, 0.25) is 5.02 Å². The van der Waals surface area contributed by atoms with Gasteiger partial charge in [0.15, 0.2) is 29.7 Å². The Bertz CT molecular complexity index is 2190. The van der Waals surface area contributed by atoms with E-state index in [1.165, 1.54) is 11.6 Å². The molecule has 3 aromatic heterocycles. The highest BCUT2D eigenvalue weighted by Gasteiger charge is 2.29. The number of fused-ring (bicyclic) bond motifs is 1. The highest BCUT2D eigenvalue weighted by molar-refractivity contribution is 6.33. The summed E-state index contributed by atoms with van der Waals surface area (Å²) in [5, 5.41) is 20.1. The second-order valence-electron chi connectivity index (χ2n) is 14.1. The molecular formula is C37H43ClN12O6. The number of likely N-dealkylation sites (N-methyl/N-ethyl adjacent to an activating group) is 1. The van der Waals surface area contributed by atoms with Crippen LogP contribution >= 0.6 is 11.6 Å². The number of halogens is 1. The Balaban J connectivity index is 0.888.